The predicted molar refractivity (Wildman–Crippen MR) is 90.5 cm³/mol. The van der Waals surface area contributed by atoms with Crippen LogP contribution in [0, 0.1) is 0 Å². The third kappa shape index (κ3) is 4.29. The van der Waals surface area contributed by atoms with Crippen molar-refractivity contribution in [3.63, 3.8) is 0 Å². The van der Waals surface area contributed by atoms with Crippen LogP contribution in [0.5, 0.6) is 0 Å². The monoisotopic (exact) mass is 385 g/mol. The number of hydrogen-bond donors (Lipinski definition) is 0. The zero-order valence-corrected chi connectivity index (χ0v) is 14.7. The number of carbonyl (C=O) groups excluding carboxylic acids is 1. The van der Waals surface area contributed by atoms with E-state index in [1.54, 1.807) is 29.2 Å². The highest BCUT2D eigenvalue weighted by Crippen LogP contribution is 2.26. The zero-order chi connectivity index (χ0) is 16.2. The Morgan fingerprint density at radius 2 is 2.13 bits per heavy atom. The highest BCUT2D eigenvalue weighted by Gasteiger charge is 2.12. The Kier molecular flexibility index (Phi) is 5.27. The number of benzene rings is 1. The molecule has 3 rings (SSSR count). The topological polar surface area (TPSA) is 73.6 Å². The first-order chi connectivity index (χ1) is 11.1. The molecule has 0 amide bonds. The fourth-order valence-corrected chi connectivity index (χ4v) is 3.77. The van der Waals surface area contributed by atoms with Crippen LogP contribution in [0.1, 0.15) is 15.4 Å². The molecule has 3 aromatic rings. The Labute approximate surface area is 149 Å². The molecule has 0 aliphatic carbocycles. The van der Waals surface area contributed by atoms with Crippen LogP contribution in [0.25, 0.3) is 0 Å². The van der Waals surface area contributed by atoms with Crippen molar-refractivity contribution in [2.45, 2.75) is 10.9 Å². The van der Waals surface area contributed by atoms with Gasteiger partial charge in [-0.25, -0.2) is 9.67 Å². The second-order valence-corrected chi connectivity index (χ2v) is 7.49. The first-order valence-corrected chi connectivity index (χ1v) is 8.93. The van der Waals surface area contributed by atoms with Gasteiger partial charge in [-0.3, -0.25) is 4.79 Å². The summed E-state index contributed by atoms with van der Waals surface area (Å²) in [5.41, 5.74) is 0.527. The van der Waals surface area contributed by atoms with Gasteiger partial charge in [-0.05, 0) is 18.2 Å². The summed E-state index contributed by atoms with van der Waals surface area (Å²) in [5.74, 6) is 0.220. The fourth-order valence-electron chi connectivity index (χ4n) is 1.69. The van der Waals surface area contributed by atoms with Gasteiger partial charge in [-0.2, -0.15) is 5.10 Å². The SMILES string of the molecule is O=C(CSc1nnc(Cn2cncn2)s1)c1ccc(Cl)c(Cl)c1. The number of Topliss-reactive ketones (excluding diaryl/α,β-unsaturated/α-hetero) is 1. The van der Waals surface area contributed by atoms with Gasteiger partial charge in [0, 0.05) is 5.56 Å². The van der Waals surface area contributed by atoms with Crippen molar-refractivity contribution in [3.05, 3.63) is 51.5 Å². The Morgan fingerprint density at radius 3 is 2.87 bits per heavy atom. The Bertz CT molecular complexity index is 822. The van der Waals surface area contributed by atoms with Crippen molar-refractivity contribution >= 4 is 52.1 Å². The lowest BCUT2D eigenvalue weighted by Gasteiger charge is -2.01. The van der Waals surface area contributed by atoms with E-state index in [9.17, 15) is 4.79 Å². The van der Waals surface area contributed by atoms with Crippen LogP contribution in [-0.4, -0.2) is 36.5 Å². The molecule has 23 heavy (non-hydrogen) atoms. The van der Waals surface area contributed by atoms with Gasteiger partial charge >= 0.3 is 0 Å². The maximum atomic E-state index is 12.2. The van der Waals surface area contributed by atoms with Crippen molar-refractivity contribution in [1.29, 1.82) is 0 Å². The van der Waals surface area contributed by atoms with Crippen molar-refractivity contribution in [3.8, 4) is 0 Å². The Hall–Kier alpha value is -1.48. The van der Waals surface area contributed by atoms with Crippen LogP contribution < -0.4 is 0 Å². The normalized spacial score (nSPS) is 10.9. The number of rotatable bonds is 6. The molecular weight excluding hydrogens is 377 g/mol. The smallest absolute Gasteiger partial charge is 0.174 e. The summed E-state index contributed by atoms with van der Waals surface area (Å²) >= 11 is 14.5. The van der Waals surface area contributed by atoms with Gasteiger partial charge < -0.3 is 0 Å². The lowest BCUT2D eigenvalue weighted by molar-refractivity contribution is 0.102. The van der Waals surface area contributed by atoms with E-state index >= 15 is 0 Å². The molecule has 0 saturated carbocycles. The summed E-state index contributed by atoms with van der Waals surface area (Å²) in [6.07, 6.45) is 3.08. The molecule has 0 aliphatic rings. The van der Waals surface area contributed by atoms with Gasteiger partial charge in [0.1, 0.15) is 17.7 Å². The maximum absolute atomic E-state index is 12.2. The van der Waals surface area contributed by atoms with Crippen LogP contribution in [0.15, 0.2) is 35.2 Å². The molecule has 2 heterocycles. The lowest BCUT2D eigenvalue weighted by atomic mass is 10.1. The second-order valence-electron chi connectivity index (χ2n) is 4.40. The summed E-state index contributed by atoms with van der Waals surface area (Å²) in [5, 5.41) is 13.8. The molecule has 0 N–H and O–H groups in total. The van der Waals surface area contributed by atoms with E-state index in [2.05, 4.69) is 20.3 Å². The Morgan fingerprint density at radius 1 is 1.26 bits per heavy atom. The van der Waals surface area contributed by atoms with E-state index in [4.69, 9.17) is 23.2 Å². The number of carbonyl (C=O) groups is 1. The molecule has 0 atom stereocenters. The Balaban J connectivity index is 1.58. The summed E-state index contributed by atoms with van der Waals surface area (Å²) in [4.78, 5) is 16.0. The zero-order valence-electron chi connectivity index (χ0n) is 11.5. The standard InChI is InChI=1S/C13H9Cl2N5OS2/c14-9-2-1-8(3-10(9)15)11(21)5-22-13-19-18-12(23-13)4-20-7-16-6-17-20/h1-3,6-7H,4-5H2. The summed E-state index contributed by atoms with van der Waals surface area (Å²) < 4.78 is 2.39. The number of halogens is 2. The molecule has 2 aromatic heterocycles. The van der Waals surface area contributed by atoms with E-state index < -0.39 is 0 Å². The van der Waals surface area contributed by atoms with Crippen LogP contribution in [-0.2, 0) is 6.54 Å². The number of hydrogen-bond acceptors (Lipinski definition) is 7. The molecule has 6 nitrogen and oxygen atoms in total. The molecule has 0 bridgehead atoms. The van der Waals surface area contributed by atoms with Gasteiger partial charge in [0.05, 0.1) is 22.3 Å². The maximum Gasteiger partial charge on any atom is 0.174 e. The summed E-state index contributed by atoms with van der Waals surface area (Å²) in [6.45, 7) is 0.513. The van der Waals surface area contributed by atoms with Crippen molar-refractivity contribution in [2.75, 3.05) is 5.75 Å². The quantitative estimate of drug-likeness (QED) is 0.477. The fraction of sp³-hybridized carbons (Fsp3) is 0.154. The molecule has 0 saturated heterocycles. The third-order valence-corrected chi connectivity index (χ3v) is 5.56. The number of ketones is 1. The number of nitrogens with zero attached hydrogens (tertiary/aromatic N) is 5. The van der Waals surface area contributed by atoms with Gasteiger partial charge in [0.2, 0.25) is 0 Å². The van der Waals surface area contributed by atoms with Crippen LogP contribution >= 0.6 is 46.3 Å². The van der Waals surface area contributed by atoms with E-state index in [-0.39, 0.29) is 11.5 Å². The van der Waals surface area contributed by atoms with E-state index in [1.165, 1.54) is 29.4 Å². The van der Waals surface area contributed by atoms with Crippen LogP contribution in [0.3, 0.4) is 0 Å². The molecule has 10 heteroatoms. The van der Waals surface area contributed by atoms with Crippen molar-refractivity contribution in [1.82, 2.24) is 25.0 Å². The average Bonchev–Trinajstić information content (AvgIpc) is 3.20. The highest BCUT2D eigenvalue weighted by molar-refractivity contribution is 8.01. The molecule has 0 radical (unpaired) electrons. The first-order valence-electron chi connectivity index (χ1n) is 6.37. The average molecular weight is 386 g/mol. The van der Waals surface area contributed by atoms with Gasteiger partial charge in [-0.15, -0.1) is 10.2 Å². The van der Waals surface area contributed by atoms with E-state index in [0.717, 1.165) is 9.35 Å². The minimum absolute atomic E-state index is 0.0402. The van der Waals surface area contributed by atoms with Crippen molar-refractivity contribution < 1.29 is 4.79 Å². The van der Waals surface area contributed by atoms with Crippen LogP contribution in [0.4, 0.5) is 0 Å². The molecule has 1 aromatic carbocycles. The van der Waals surface area contributed by atoms with Gasteiger partial charge in [0.25, 0.3) is 0 Å². The molecular formula is C13H9Cl2N5OS2. The van der Waals surface area contributed by atoms with Crippen LogP contribution in [0.2, 0.25) is 10.0 Å². The van der Waals surface area contributed by atoms with Gasteiger partial charge in [0.15, 0.2) is 10.1 Å². The van der Waals surface area contributed by atoms with E-state index in [1.807, 2.05) is 0 Å². The first kappa shape index (κ1) is 16.4. The third-order valence-electron chi connectivity index (χ3n) is 2.78. The van der Waals surface area contributed by atoms with E-state index in [0.29, 0.717) is 22.2 Å². The number of thioether (sulfide) groups is 1. The molecule has 0 unspecified atom stereocenters. The second kappa shape index (κ2) is 7.39. The van der Waals surface area contributed by atoms with Gasteiger partial charge in [-0.1, -0.05) is 46.3 Å². The predicted octanol–water partition coefficient (Wildman–Crippen LogP) is 3.46. The molecule has 0 aliphatic heterocycles. The molecule has 0 spiro atoms. The molecule has 118 valence electrons. The summed E-state index contributed by atoms with van der Waals surface area (Å²) in [7, 11) is 0. The lowest BCUT2D eigenvalue weighted by Crippen LogP contribution is -2.02. The summed E-state index contributed by atoms with van der Waals surface area (Å²) in [6, 6.07) is 4.85. The highest BCUT2D eigenvalue weighted by atomic mass is 35.5. The molecule has 0 fully saturated rings. The minimum atomic E-state index is -0.0402. The number of aromatic nitrogens is 5. The van der Waals surface area contributed by atoms with Crippen molar-refractivity contribution in [2.24, 2.45) is 0 Å². The minimum Gasteiger partial charge on any atom is -0.293 e. The largest absolute Gasteiger partial charge is 0.293 e.